The number of carbonyl (C=O) groups is 1. The molecule has 1 rings (SSSR count). The zero-order valence-corrected chi connectivity index (χ0v) is 11.9. The minimum absolute atomic E-state index is 0.0456. The van der Waals surface area contributed by atoms with Crippen molar-refractivity contribution in [2.45, 2.75) is 33.7 Å². The molecule has 0 N–H and O–H groups in total. The molecule has 0 aliphatic heterocycles. The lowest BCUT2D eigenvalue weighted by Crippen LogP contribution is -2.36. The normalized spacial score (nSPS) is 12.4. The Balaban J connectivity index is 3.13. The number of hydrogen-bond donors (Lipinski definition) is 0. The average molecular weight is 254 g/mol. The van der Waals surface area contributed by atoms with E-state index in [9.17, 15) is 4.79 Å². The van der Waals surface area contributed by atoms with Gasteiger partial charge < -0.3 is 4.90 Å². The minimum Gasteiger partial charge on any atom is -0.338 e. The van der Waals surface area contributed by atoms with Gasteiger partial charge in [-0.2, -0.15) is 0 Å². The molecule has 1 unspecified atom stereocenters. The highest BCUT2D eigenvalue weighted by atomic mass is 35.5. The van der Waals surface area contributed by atoms with Crippen LogP contribution < -0.4 is 0 Å². The fourth-order valence-corrected chi connectivity index (χ4v) is 2.20. The molecule has 1 aromatic carbocycles. The van der Waals surface area contributed by atoms with E-state index in [4.69, 9.17) is 11.6 Å². The Hall–Kier alpha value is -1.02. The maximum absolute atomic E-state index is 12.4. The van der Waals surface area contributed by atoms with Crippen LogP contribution in [0.5, 0.6) is 0 Å². The Morgan fingerprint density at radius 2 is 1.76 bits per heavy atom. The largest absolute Gasteiger partial charge is 0.338 e. The van der Waals surface area contributed by atoms with E-state index in [0.717, 1.165) is 16.7 Å². The monoisotopic (exact) mass is 253 g/mol. The summed E-state index contributed by atoms with van der Waals surface area (Å²) in [6, 6.07) is 4.13. The van der Waals surface area contributed by atoms with Gasteiger partial charge in [0.05, 0.1) is 0 Å². The molecule has 0 aliphatic carbocycles. The van der Waals surface area contributed by atoms with Crippen molar-refractivity contribution in [3.05, 3.63) is 34.4 Å². The van der Waals surface area contributed by atoms with Gasteiger partial charge in [0.2, 0.25) is 0 Å². The van der Waals surface area contributed by atoms with Crippen LogP contribution >= 0.6 is 11.6 Å². The second kappa shape index (κ2) is 5.54. The van der Waals surface area contributed by atoms with Crippen LogP contribution in [0.25, 0.3) is 0 Å². The van der Waals surface area contributed by atoms with Gasteiger partial charge in [0.15, 0.2) is 0 Å². The molecular formula is C14H20ClNO. The summed E-state index contributed by atoms with van der Waals surface area (Å²) in [5.74, 6) is 0.500. The Bertz CT molecular complexity index is 405. The molecule has 0 spiro atoms. The van der Waals surface area contributed by atoms with Crippen molar-refractivity contribution in [2.24, 2.45) is 0 Å². The van der Waals surface area contributed by atoms with Gasteiger partial charge in [0.25, 0.3) is 5.91 Å². The Kier molecular flexibility index (Phi) is 4.58. The van der Waals surface area contributed by atoms with Gasteiger partial charge in [-0.25, -0.2) is 0 Å². The van der Waals surface area contributed by atoms with Crippen LogP contribution in [0.1, 0.15) is 34.0 Å². The van der Waals surface area contributed by atoms with E-state index in [-0.39, 0.29) is 11.9 Å². The first kappa shape index (κ1) is 14.0. The first-order valence-electron chi connectivity index (χ1n) is 5.79. The number of alkyl halides is 1. The summed E-state index contributed by atoms with van der Waals surface area (Å²) in [7, 11) is 1.80. The molecular weight excluding hydrogens is 234 g/mol. The molecule has 94 valence electrons. The molecule has 0 heterocycles. The van der Waals surface area contributed by atoms with Gasteiger partial charge in [-0.15, -0.1) is 11.6 Å². The van der Waals surface area contributed by atoms with Crippen molar-refractivity contribution in [1.82, 2.24) is 4.90 Å². The van der Waals surface area contributed by atoms with Gasteiger partial charge >= 0.3 is 0 Å². The summed E-state index contributed by atoms with van der Waals surface area (Å²) in [5.41, 5.74) is 4.04. The highest BCUT2D eigenvalue weighted by Gasteiger charge is 2.20. The summed E-state index contributed by atoms with van der Waals surface area (Å²) in [6.07, 6.45) is 0. The summed E-state index contributed by atoms with van der Waals surface area (Å²) in [5, 5.41) is 0. The number of nitrogens with zero attached hydrogens (tertiary/aromatic N) is 1. The smallest absolute Gasteiger partial charge is 0.254 e. The predicted octanol–water partition coefficient (Wildman–Crippen LogP) is 3.31. The molecule has 0 radical (unpaired) electrons. The van der Waals surface area contributed by atoms with Crippen LogP contribution in [0.2, 0.25) is 0 Å². The third-order valence-corrected chi connectivity index (χ3v) is 3.54. The van der Waals surface area contributed by atoms with Crippen molar-refractivity contribution in [1.29, 1.82) is 0 Å². The molecule has 3 heteroatoms. The van der Waals surface area contributed by atoms with Crippen LogP contribution in [0.15, 0.2) is 12.1 Å². The van der Waals surface area contributed by atoms with Gasteiger partial charge in [0.1, 0.15) is 0 Å². The van der Waals surface area contributed by atoms with Crippen LogP contribution in [-0.4, -0.2) is 29.8 Å². The number of hydrogen-bond acceptors (Lipinski definition) is 1. The molecule has 2 nitrogen and oxygen atoms in total. The number of amides is 1. The topological polar surface area (TPSA) is 20.3 Å². The van der Waals surface area contributed by atoms with Gasteiger partial charge in [-0.05, 0) is 38.8 Å². The fourth-order valence-electron chi connectivity index (χ4n) is 2.00. The third-order valence-electron chi connectivity index (χ3n) is 3.10. The molecule has 1 atom stereocenters. The lowest BCUT2D eigenvalue weighted by molar-refractivity contribution is 0.0755. The molecule has 0 fully saturated rings. The Morgan fingerprint density at radius 1 is 1.29 bits per heavy atom. The lowest BCUT2D eigenvalue weighted by Gasteiger charge is -2.25. The van der Waals surface area contributed by atoms with E-state index in [1.165, 1.54) is 5.56 Å². The zero-order valence-electron chi connectivity index (χ0n) is 11.2. The summed E-state index contributed by atoms with van der Waals surface area (Å²) < 4.78 is 0. The maximum atomic E-state index is 12.4. The Labute approximate surface area is 109 Å². The van der Waals surface area contributed by atoms with E-state index in [1.807, 2.05) is 39.8 Å². The van der Waals surface area contributed by atoms with E-state index in [0.29, 0.717) is 5.88 Å². The van der Waals surface area contributed by atoms with Crippen LogP contribution in [0.4, 0.5) is 0 Å². The van der Waals surface area contributed by atoms with Crippen molar-refractivity contribution in [3.63, 3.8) is 0 Å². The molecule has 0 bridgehead atoms. The highest BCUT2D eigenvalue weighted by Crippen LogP contribution is 2.19. The minimum atomic E-state index is 0.0456. The number of carbonyl (C=O) groups excluding carboxylic acids is 1. The number of benzene rings is 1. The number of aryl methyl sites for hydroxylation is 3. The first-order chi connectivity index (χ1) is 7.88. The first-order valence-corrected chi connectivity index (χ1v) is 6.33. The van der Waals surface area contributed by atoms with Gasteiger partial charge in [0, 0.05) is 24.5 Å². The zero-order chi connectivity index (χ0) is 13.2. The SMILES string of the molecule is Cc1cc(C)c(C(=O)N(C)C(C)CCl)c(C)c1. The average Bonchev–Trinajstić information content (AvgIpc) is 2.25. The second-order valence-corrected chi connectivity index (χ2v) is 5.00. The van der Waals surface area contributed by atoms with Gasteiger partial charge in [-0.3, -0.25) is 4.79 Å². The van der Waals surface area contributed by atoms with Crippen molar-refractivity contribution in [3.8, 4) is 0 Å². The van der Waals surface area contributed by atoms with E-state index >= 15 is 0 Å². The standard InChI is InChI=1S/C14H20ClNO/c1-9-6-10(2)13(11(3)7-9)14(17)16(5)12(4)8-15/h6-7,12H,8H2,1-5H3. The fraction of sp³-hybridized carbons (Fsp3) is 0.500. The number of halogens is 1. The highest BCUT2D eigenvalue weighted by molar-refractivity contribution is 6.18. The van der Waals surface area contributed by atoms with Crippen LogP contribution in [0.3, 0.4) is 0 Å². The predicted molar refractivity (Wildman–Crippen MR) is 72.9 cm³/mol. The molecule has 0 aliphatic rings. The molecule has 0 saturated carbocycles. The molecule has 0 aromatic heterocycles. The van der Waals surface area contributed by atoms with Crippen LogP contribution in [0, 0.1) is 20.8 Å². The molecule has 17 heavy (non-hydrogen) atoms. The summed E-state index contributed by atoms with van der Waals surface area (Å²) >= 11 is 5.79. The Morgan fingerprint density at radius 3 is 2.18 bits per heavy atom. The maximum Gasteiger partial charge on any atom is 0.254 e. The third kappa shape index (κ3) is 3.01. The van der Waals surface area contributed by atoms with Gasteiger partial charge in [-0.1, -0.05) is 17.7 Å². The molecule has 1 amide bonds. The number of rotatable bonds is 3. The summed E-state index contributed by atoms with van der Waals surface area (Å²) in [4.78, 5) is 14.1. The second-order valence-electron chi connectivity index (χ2n) is 4.69. The van der Waals surface area contributed by atoms with E-state index in [1.54, 1.807) is 11.9 Å². The van der Waals surface area contributed by atoms with E-state index < -0.39 is 0 Å². The van der Waals surface area contributed by atoms with E-state index in [2.05, 4.69) is 0 Å². The van der Waals surface area contributed by atoms with Crippen molar-refractivity contribution < 1.29 is 4.79 Å². The summed E-state index contributed by atoms with van der Waals surface area (Å²) in [6.45, 7) is 7.95. The van der Waals surface area contributed by atoms with Crippen LogP contribution in [-0.2, 0) is 0 Å². The lowest BCUT2D eigenvalue weighted by atomic mass is 9.98. The molecule has 0 saturated heterocycles. The van der Waals surface area contributed by atoms with Crippen molar-refractivity contribution >= 4 is 17.5 Å². The van der Waals surface area contributed by atoms with Crippen molar-refractivity contribution in [2.75, 3.05) is 12.9 Å². The quantitative estimate of drug-likeness (QED) is 0.757. The molecule has 1 aromatic rings.